The Hall–Kier alpha value is -2.94. The van der Waals surface area contributed by atoms with E-state index in [0.29, 0.717) is 39.2 Å². The van der Waals surface area contributed by atoms with Crippen LogP contribution in [-0.2, 0) is 13.0 Å². The molecule has 5 heterocycles. The van der Waals surface area contributed by atoms with Gasteiger partial charge in [-0.1, -0.05) is 11.6 Å². The maximum absolute atomic E-state index is 14.1. The first-order chi connectivity index (χ1) is 13.9. The largest absolute Gasteiger partial charge is 0.267 e. The summed E-state index contributed by atoms with van der Waals surface area (Å²) in [6.07, 6.45) is 2.75. The molecule has 0 aromatic carbocycles. The summed E-state index contributed by atoms with van der Waals surface area (Å²) in [6.45, 7) is 0.136. The fourth-order valence-electron chi connectivity index (χ4n) is 4.31. The molecular weight excluding hydrogens is 405 g/mol. The molecule has 0 bridgehead atoms. The van der Waals surface area contributed by atoms with Crippen molar-refractivity contribution in [1.29, 1.82) is 0 Å². The SMILES string of the molecule is Fc1ccc(-c2nn3c(c2-c2ccnc4[nH]nc(Cl)c24)C[C@]2(C3)CC2(F)F)nc1. The molecule has 1 aliphatic carbocycles. The summed E-state index contributed by atoms with van der Waals surface area (Å²) in [4.78, 5) is 8.38. The number of nitrogens with one attached hydrogen (secondary N) is 1. The van der Waals surface area contributed by atoms with Crippen LogP contribution in [0.25, 0.3) is 33.5 Å². The van der Waals surface area contributed by atoms with E-state index < -0.39 is 17.2 Å². The van der Waals surface area contributed by atoms with Crippen molar-refractivity contribution < 1.29 is 13.2 Å². The minimum absolute atomic E-state index is 0.136. The molecule has 0 radical (unpaired) electrons. The summed E-state index contributed by atoms with van der Waals surface area (Å²) in [5, 5.41) is 12.2. The molecule has 1 N–H and O–H groups in total. The van der Waals surface area contributed by atoms with Crippen molar-refractivity contribution >= 4 is 22.6 Å². The minimum atomic E-state index is -2.69. The summed E-state index contributed by atoms with van der Waals surface area (Å²) in [5.74, 6) is -3.16. The third-order valence-electron chi connectivity index (χ3n) is 5.88. The van der Waals surface area contributed by atoms with E-state index in [1.807, 2.05) is 0 Å². The van der Waals surface area contributed by atoms with Gasteiger partial charge in [0, 0.05) is 35.9 Å². The Morgan fingerprint density at radius 2 is 2.00 bits per heavy atom. The summed E-state index contributed by atoms with van der Waals surface area (Å²) < 4.78 is 43.1. The first-order valence-electron chi connectivity index (χ1n) is 8.97. The van der Waals surface area contributed by atoms with Crippen molar-refractivity contribution in [3.8, 4) is 22.5 Å². The van der Waals surface area contributed by atoms with Crippen molar-refractivity contribution in [2.45, 2.75) is 25.3 Å². The number of pyridine rings is 2. The quantitative estimate of drug-likeness (QED) is 0.530. The fraction of sp³-hybridized carbons (Fsp3) is 0.263. The highest BCUT2D eigenvalue weighted by molar-refractivity contribution is 6.35. The number of halogens is 4. The van der Waals surface area contributed by atoms with E-state index in [4.69, 9.17) is 11.6 Å². The number of hydrogen-bond donors (Lipinski definition) is 1. The van der Waals surface area contributed by atoms with E-state index >= 15 is 0 Å². The average molecular weight is 417 g/mol. The van der Waals surface area contributed by atoms with Gasteiger partial charge in [-0.2, -0.15) is 10.2 Å². The molecule has 146 valence electrons. The summed E-state index contributed by atoms with van der Waals surface area (Å²) in [6, 6.07) is 4.57. The Balaban J connectivity index is 1.62. The Morgan fingerprint density at radius 3 is 2.72 bits per heavy atom. The molecule has 4 aromatic heterocycles. The number of hydrogen-bond acceptors (Lipinski definition) is 4. The molecule has 6 rings (SSSR count). The molecule has 1 spiro atoms. The van der Waals surface area contributed by atoms with Crippen molar-refractivity contribution in [2.75, 3.05) is 0 Å². The molecule has 1 atom stereocenters. The number of fused-ring (bicyclic) bond motifs is 2. The van der Waals surface area contributed by atoms with Gasteiger partial charge < -0.3 is 0 Å². The molecule has 0 unspecified atom stereocenters. The van der Waals surface area contributed by atoms with E-state index in [-0.39, 0.29) is 24.5 Å². The third kappa shape index (κ3) is 2.24. The van der Waals surface area contributed by atoms with Crippen LogP contribution < -0.4 is 0 Å². The van der Waals surface area contributed by atoms with E-state index in [1.54, 1.807) is 16.9 Å². The van der Waals surface area contributed by atoms with Crippen LogP contribution in [0.15, 0.2) is 30.6 Å². The Kier molecular flexibility index (Phi) is 3.13. The summed E-state index contributed by atoms with van der Waals surface area (Å²) >= 11 is 6.28. The zero-order valence-electron chi connectivity index (χ0n) is 14.8. The normalized spacial score (nSPS) is 21.8. The van der Waals surface area contributed by atoms with E-state index in [9.17, 15) is 13.2 Å². The second-order valence-corrected chi connectivity index (χ2v) is 7.98. The van der Waals surface area contributed by atoms with Gasteiger partial charge in [0.15, 0.2) is 10.8 Å². The predicted octanol–water partition coefficient (Wildman–Crippen LogP) is 4.26. The van der Waals surface area contributed by atoms with Gasteiger partial charge in [0.25, 0.3) is 5.92 Å². The maximum Gasteiger partial charge on any atom is 0.256 e. The molecule has 10 heteroatoms. The number of alkyl halides is 2. The highest BCUT2D eigenvalue weighted by Crippen LogP contribution is 2.66. The Bertz CT molecular complexity index is 1300. The van der Waals surface area contributed by atoms with E-state index in [2.05, 4.69) is 25.3 Å². The van der Waals surface area contributed by atoms with Crippen LogP contribution in [-0.4, -0.2) is 35.9 Å². The molecule has 0 saturated heterocycles. The standard InChI is InChI=1S/C19H12ClF3N6/c20-16-14-10(3-4-24-17(14)27-26-16)13-12-5-18(7-19(18,22)23)8-29(12)28-15(13)11-2-1-9(21)6-25-11/h1-4,6H,5,7-8H2,(H,24,26,27)/t18-/m1/s1. The van der Waals surface area contributed by atoms with Crippen LogP contribution in [0.4, 0.5) is 13.2 Å². The van der Waals surface area contributed by atoms with E-state index in [1.165, 1.54) is 12.1 Å². The summed E-state index contributed by atoms with van der Waals surface area (Å²) in [7, 11) is 0. The van der Waals surface area contributed by atoms with Crippen molar-refractivity contribution in [3.63, 3.8) is 0 Å². The van der Waals surface area contributed by atoms with Gasteiger partial charge in [-0.25, -0.2) is 18.2 Å². The van der Waals surface area contributed by atoms with Gasteiger partial charge in [0.1, 0.15) is 11.5 Å². The highest BCUT2D eigenvalue weighted by atomic mass is 35.5. The number of aromatic nitrogens is 6. The first-order valence-corrected chi connectivity index (χ1v) is 9.35. The van der Waals surface area contributed by atoms with Gasteiger partial charge in [-0.15, -0.1) is 0 Å². The Morgan fingerprint density at radius 1 is 1.17 bits per heavy atom. The van der Waals surface area contributed by atoms with Crippen LogP contribution >= 0.6 is 11.6 Å². The molecule has 29 heavy (non-hydrogen) atoms. The second kappa shape index (κ2) is 5.35. The molecule has 1 aliphatic heterocycles. The molecule has 6 nitrogen and oxygen atoms in total. The van der Waals surface area contributed by atoms with Gasteiger partial charge >= 0.3 is 0 Å². The lowest BCUT2D eigenvalue weighted by molar-refractivity contribution is 0.0630. The Labute approximate surface area is 166 Å². The second-order valence-electron chi connectivity index (χ2n) is 7.62. The van der Waals surface area contributed by atoms with Crippen LogP contribution in [0.2, 0.25) is 5.15 Å². The third-order valence-corrected chi connectivity index (χ3v) is 6.16. The van der Waals surface area contributed by atoms with Crippen LogP contribution in [0.1, 0.15) is 12.1 Å². The monoisotopic (exact) mass is 416 g/mol. The number of nitrogens with zero attached hydrogens (tertiary/aromatic N) is 5. The van der Waals surface area contributed by atoms with Crippen molar-refractivity contribution in [2.24, 2.45) is 5.41 Å². The zero-order valence-corrected chi connectivity index (χ0v) is 15.5. The smallest absolute Gasteiger partial charge is 0.256 e. The molecule has 0 amide bonds. The minimum Gasteiger partial charge on any atom is -0.267 e. The molecule has 1 fully saturated rings. The van der Waals surface area contributed by atoms with Crippen molar-refractivity contribution in [1.82, 2.24) is 29.9 Å². The zero-order chi connectivity index (χ0) is 20.0. The van der Waals surface area contributed by atoms with Crippen LogP contribution in [0, 0.1) is 11.2 Å². The molecular formula is C19H12ClF3N6. The number of aromatic amines is 1. The lowest BCUT2D eigenvalue weighted by atomic mass is 9.95. The van der Waals surface area contributed by atoms with Gasteiger partial charge in [0.05, 0.1) is 29.2 Å². The lowest BCUT2D eigenvalue weighted by Crippen LogP contribution is -2.13. The van der Waals surface area contributed by atoms with E-state index in [0.717, 1.165) is 6.20 Å². The first kappa shape index (κ1) is 17.0. The van der Waals surface area contributed by atoms with Crippen molar-refractivity contribution in [3.05, 3.63) is 47.3 Å². The molecule has 2 aliphatic rings. The average Bonchev–Trinajstić information content (AvgIpc) is 3.07. The maximum atomic E-state index is 14.1. The molecule has 4 aromatic rings. The predicted molar refractivity (Wildman–Crippen MR) is 99.0 cm³/mol. The summed E-state index contributed by atoms with van der Waals surface area (Å²) in [5.41, 5.74) is 2.36. The fourth-order valence-corrected chi connectivity index (χ4v) is 4.55. The molecule has 1 saturated carbocycles. The lowest BCUT2D eigenvalue weighted by Gasteiger charge is -2.09. The van der Waals surface area contributed by atoms with Crippen LogP contribution in [0.5, 0.6) is 0 Å². The van der Waals surface area contributed by atoms with Gasteiger partial charge in [0.2, 0.25) is 0 Å². The number of H-pyrrole nitrogens is 1. The number of rotatable bonds is 2. The van der Waals surface area contributed by atoms with Gasteiger partial charge in [-0.05, 0) is 18.2 Å². The highest BCUT2D eigenvalue weighted by Gasteiger charge is 2.73. The topological polar surface area (TPSA) is 72.3 Å². The van der Waals surface area contributed by atoms with Crippen LogP contribution in [0.3, 0.4) is 0 Å². The van der Waals surface area contributed by atoms with Gasteiger partial charge in [-0.3, -0.25) is 14.8 Å².